The lowest BCUT2D eigenvalue weighted by Crippen LogP contribution is -2.33. The van der Waals surface area contributed by atoms with Crippen LogP contribution in [0.15, 0.2) is 10.5 Å². The molecule has 2 nitrogen and oxygen atoms in total. The summed E-state index contributed by atoms with van der Waals surface area (Å²) in [5.74, 6) is 3.12. The predicted octanol–water partition coefficient (Wildman–Crippen LogP) is 3.27. The van der Waals surface area contributed by atoms with E-state index in [0.29, 0.717) is 11.8 Å². The molecule has 2 unspecified atom stereocenters. The molecular formula is C14H22O2. The standard InChI is InChI=1S/C14H22O2/c1-5-11-7-12-13(16-11)6-10(9(2)3)8-14(12,4)15/h7,9-10,15H,5-6,8H2,1-4H3. The topological polar surface area (TPSA) is 33.4 Å². The van der Waals surface area contributed by atoms with E-state index >= 15 is 0 Å². The lowest BCUT2D eigenvalue weighted by molar-refractivity contribution is 0.00871. The highest BCUT2D eigenvalue weighted by atomic mass is 16.3. The molecule has 1 heterocycles. The van der Waals surface area contributed by atoms with Gasteiger partial charge in [0, 0.05) is 18.4 Å². The van der Waals surface area contributed by atoms with E-state index in [9.17, 15) is 5.11 Å². The van der Waals surface area contributed by atoms with Crippen LogP contribution in [-0.2, 0) is 18.4 Å². The zero-order valence-corrected chi connectivity index (χ0v) is 10.7. The highest BCUT2D eigenvalue weighted by Crippen LogP contribution is 2.42. The van der Waals surface area contributed by atoms with Crippen LogP contribution in [0.1, 0.15) is 51.2 Å². The van der Waals surface area contributed by atoms with E-state index in [4.69, 9.17) is 4.42 Å². The normalized spacial score (nSPS) is 29.5. The number of hydrogen-bond donors (Lipinski definition) is 1. The van der Waals surface area contributed by atoms with Crippen molar-refractivity contribution in [1.82, 2.24) is 0 Å². The molecule has 2 atom stereocenters. The molecule has 0 aromatic carbocycles. The number of rotatable bonds is 2. The van der Waals surface area contributed by atoms with Gasteiger partial charge in [0.25, 0.3) is 0 Å². The first-order valence-corrected chi connectivity index (χ1v) is 6.28. The third kappa shape index (κ3) is 1.91. The average Bonchev–Trinajstić information content (AvgIpc) is 2.60. The van der Waals surface area contributed by atoms with Gasteiger partial charge in [0.15, 0.2) is 0 Å². The Morgan fingerprint density at radius 3 is 2.81 bits per heavy atom. The maximum atomic E-state index is 10.5. The van der Waals surface area contributed by atoms with E-state index in [1.54, 1.807) is 0 Å². The summed E-state index contributed by atoms with van der Waals surface area (Å²) in [7, 11) is 0. The van der Waals surface area contributed by atoms with E-state index < -0.39 is 5.60 Å². The summed E-state index contributed by atoms with van der Waals surface area (Å²) >= 11 is 0. The largest absolute Gasteiger partial charge is 0.466 e. The van der Waals surface area contributed by atoms with Crippen molar-refractivity contribution in [3.05, 3.63) is 23.2 Å². The Labute approximate surface area is 97.7 Å². The van der Waals surface area contributed by atoms with Crippen LogP contribution in [0.3, 0.4) is 0 Å². The summed E-state index contributed by atoms with van der Waals surface area (Å²) in [4.78, 5) is 0. The third-order valence-corrected chi connectivity index (χ3v) is 3.84. The molecule has 0 amide bonds. The summed E-state index contributed by atoms with van der Waals surface area (Å²) < 4.78 is 5.81. The van der Waals surface area contributed by atoms with Gasteiger partial charge in [-0.05, 0) is 31.2 Å². The minimum atomic E-state index is -0.709. The molecule has 90 valence electrons. The van der Waals surface area contributed by atoms with Crippen molar-refractivity contribution in [2.45, 2.75) is 52.6 Å². The van der Waals surface area contributed by atoms with Gasteiger partial charge in [0.1, 0.15) is 11.5 Å². The van der Waals surface area contributed by atoms with Gasteiger partial charge < -0.3 is 9.52 Å². The minimum Gasteiger partial charge on any atom is -0.466 e. The van der Waals surface area contributed by atoms with Crippen molar-refractivity contribution < 1.29 is 9.52 Å². The molecule has 1 aromatic rings. The molecule has 2 heteroatoms. The fourth-order valence-electron chi connectivity index (χ4n) is 2.67. The van der Waals surface area contributed by atoms with Crippen molar-refractivity contribution >= 4 is 0 Å². The Balaban J connectivity index is 2.37. The van der Waals surface area contributed by atoms with Crippen LogP contribution in [-0.4, -0.2) is 5.11 Å². The van der Waals surface area contributed by atoms with Crippen LogP contribution < -0.4 is 0 Å². The second-order valence-corrected chi connectivity index (χ2v) is 5.59. The monoisotopic (exact) mass is 222 g/mol. The van der Waals surface area contributed by atoms with Crippen LogP contribution in [0.4, 0.5) is 0 Å². The molecule has 1 aromatic heterocycles. The van der Waals surface area contributed by atoms with Crippen molar-refractivity contribution in [3.8, 4) is 0 Å². The molecule has 1 aliphatic carbocycles. The zero-order valence-electron chi connectivity index (χ0n) is 10.7. The Morgan fingerprint density at radius 1 is 1.56 bits per heavy atom. The van der Waals surface area contributed by atoms with Crippen LogP contribution in [0.25, 0.3) is 0 Å². The summed E-state index contributed by atoms with van der Waals surface area (Å²) in [6, 6.07) is 2.03. The van der Waals surface area contributed by atoms with E-state index in [-0.39, 0.29) is 0 Å². The van der Waals surface area contributed by atoms with Crippen molar-refractivity contribution in [3.63, 3.8) is 0 Å². The van der Waals surface area contributed by atoms with Gasteiger partial charge in [-0.25, -0.2) is 0 Å². The molecule has 0 saturated carbocycles. The molecular weight excluding hydrogens is 200 g/mol. The second-order valence-electron chi connectivity index (χ2n) is 5.59. The van der Waals surface area contributed by atoms with Gasteiger partial charge in [0.05, 0.1) is 5.60 Å². The maximum absolute atomic E-state index is 10.5. The minimum absolute atomic E-state index is 0.526. The van der Waals surface area contributed by atoms with Gasteiger partial charge in [0.2, 0.25) is 0 Å². The Hall–Kier alpha value is -0.760. The van der Waals surface area contributed by atoms with Crippen LogP contribution in [0.5, 0.6) is 0 Å². The van der Waals surface area contributed by atoms with Crippen LogP contribution >= 0.6 is 0 Å². The first-order chi connectivity index (χ1) is 7.44. The van der Waals surface area contributed by atoms with Crippen molar-refractivity contribution in [2.24, 2.45) is 11.8 Å². The highest BCUT2D eigenvalue weighted by molar-refractivity contribution is 5.30. The zero-order chi connectivity index (χ0) is 11.9. The van der Waals surface area contributed by atoms with Gasteiger partial charge in [-0.1, -0.05) is 20.8 Å². The summed E-state index contributed by atoms with van der Waals surface area (Å²) in [5.41, 5.74) is 0.306. The molecule has 2 rings (SSSR count). The van der Waals surface area contributed by atoms with Gasteiger partial charge in [-0.15, -0.1) is 0 Å². The summed E-state index contributed by atoms with van der Waals surface area (Å²) in [6.07, 6.45) is 2.72. The molecule has 0 spiro atoms. The fourth-order valence-corrected chi connectivity index (χ4v) is 2.67. The van der Waals surface area contributed by atoms with E-state index in [1.807, 2.05) is 13.0 Å². The first kappa shape index (κ1) is 11.7. The van der Waals surface area contributed by atoms with Gasteiger partial charge >= 0.3 is 0 Å². The van der Waals surface area contributed by atoms with Crippen LogP contribution in [0, 0.1) is 11.8 Å². The Morgan fingerprint density at radius 2 is 2.25 bits per heavy atom. The number of hydrogen-bond acceptors (Lipinski definition) is 2. The Kier molecular flexibility index (Phi) is 2.87. The van der Waals surface area contributed by atoms with Crippen molar-refractivity contribution in [1.29, 1.82) is 0 Å². The maximum Gasteiger partial charge on any atom is 0.110 e. The molecule has 1 N–H and O–H groups in total. The lowest BCUT2D eigenvalue weighted by Gasteiger charge is -2.35. The third-order valence-electron chi connectivity index (χ3n) is 3.84. The molecule has 0 aliphatic heterocycles. The Bertz CT molecular complexity index is 374. The number of fused-ring (bicyclic) bond motifs is 1. The molecule has 0 saturated heterocycles. The quantitative estimate of drug-likeness (QED) is 0.833. The van der Waals surface area contributed by atoms with Crippen LogP contribution in [0.2, 0.25) is 0 Å². The molecule has 0 radical (unpaired) electrons. The second kappa shape index (κ2) is 3.92. The SMILES string of the molecule is CCc1cc2c(o1)CC(C(C)C)CC2(C)O. The molecule has 0 bridgehead atoms. The summed E-state index contributed by atoms with van der Waals surface area (Å²) in [5, 5.41) is 10.5. The molecule has 16 heavy (non-hydrogen) atoms. The summed E-state index contributed by atoms with van der Waals surface area (Å²) in [6.45, 7) is 8.43. The van der Waals surface area contributed by atoms with E-state index in [1.165, 1.54) is 0 Å². The van der Waals surface area contributed by atoms with Crippen molar-refractivity contribution in [2.75, 3.05) is 0 Å². The van der Waals surface area contributed by atoms with E-state index in [2.05, 4.69) is 20.8 Å². The number of aryl methyl sites for hydroxylation is 1. The smallest absolute Gasteiger partial charge is 0.110 e. The first-order valence-electron chi connectivity index (χ1n) is 6.28. The fraction of sp³-hybridized carbons (Fsp3) is 0.714. The molecule has 1 aliphatic rings. The lowest BCUT2D eigenvalue weighted by atomic mass is 9.74. The average molecular weight is 222 g/mol. The molecule has 0 fully saturated rings. The van der Waals surface area contributed by atoms with Gasteiger partial charge in [-0.3, -0.25) is 0 Å². The highest BCUT2D eigenvalue weighted by Gasteiger charge is 2.38. The predicted molar refractivity (Wildman–Crippen MR) is 64.3 cm³/mol. The number of furan rings is 1. The number of aliphatic hydroxyl groups is 1. The van der Waals surface area contributed by atoms with E-state index in [0.717, 1.165) is 36.3 Å². The van der Waals surface area contributed by atoms with Gasteiger partial charge in [-0.2, -0.15) is 0 Å².